The number of benzene rings is 3. The molecule has 10 nitrogen and oxygen atoms in total. The summed E-state index contributed by atoms with van der Waals surface area (Å²) in [6.45, 7) is 1.63. The average Bonchev–Trinajstić information content (AvgIpc) is 3.28. The van der Waals surface area contributed by atoms with E-state index in [1.807, 2.05) is 0 Å². The van der Waals surface area contributed by atoms with Crippen LogP contribution in [0.1, 0.15) is 16.1 Å². The van der Waals surface area contributed by atoms with Crippen molar-refractivity contribution in [3.05, 3.63) is 96.3 Å². The number of aromatic nitrogens is 1. The van der Waals surface area contributed by atoms with Gasteiger partial charge in [-0.25, -0.2) is 16.8 Å². The highest BCUT2D eigenvalue weighted by Gasteiger charge is 2.22. The molecule has 0 saturated carbocycles. The maximum Gasteiger partial charge on any atom is 0.264 e. The first-order valence-electron chi connectivity index (χ1n) is 10.6. The lowest BCUT2D eigenvalue weighted by Gasteiger charge is -2.19. The number of carbonyl (C=O) groups is 1. The first kappa shape index (κ1) is 24.9. The fourth-order valence-corrected chi connectivity index (χ4v) is 5.49. The third-order valence-corrected chi connectivity index (χ3v) is 8.32. The van der Waals surface area contributed by atoms with Gasteiger partial charge in [0.25, 0.3) is 26.0 Å². The second kappa shape index (κ2) is 9.84. The highest BCUT2D eigenvalue weighted by Crippen LogP contribution is 2.23. The number of anilines is 3. The largest absolute Gasteiger partial charge is 0.360 e. The van der Waals surface area contributed by atoms with Crippen LogP contribution < -0.4 is 14.3 Å². The molecule has 0 unspecified atom stereocenters. The standard InChI is InChI=1S/C24H22N4O6S2/c1-17-15-23(26-34-17)27-35(30,31)21-13-11-19(12-14-21)25-24(29)18-7-6-10-22(16-18)36(32,33)28(2)20-8-4-3-5-9-20/h3-16H,1-2H3,(H,25,29)(H,26,27). The molecular formula is C24H22N4O6S2. The van der Waals surface area contributed by atoms with E-state index in [4.69, 9.17) is 4.52 Å². The number of hydrogen-bond acceptors (Lipinski definition) is 7. The quantitative estimate of drug-likeness (QED) is 0.355. The van der Waals surface area contributed by atoms with E-state index in [1.165, 1.54) is 61.6 Å². The van der Waals surface area contributed by atoms with Crippen molar-refractivity contribution >= 4 is 43.1 Å². The zero-order chi connectivity index (χ0) is 25.9. The minimum Gasteiger partial charge on any atom is -0.360 e. The van der Waals surface area contributed by atoms with E-state index in [0.29, 0.717) is 17.1 Å². The van der Waals surface area contributed by atoms with Gasteiger partial charge in [-0.3, -0.25) is 13.8 Å². The van der Waals surface area contributed by atoms with Gasteiger partial charge < -0.3 is 9.84 Å². The Kier molecular flexibility index (Phi) is 6.82. The Labute approximate surface area is 208 Å². The Hall–Kier alpha value is -4.16. The van der Waals surface area contributed by atoms with E-state index < -0.39 is 26.0 Å². The van der Waals surface area contributed by atoms with Crippen LogP contribution in [-0.4, -0.2) is 34.9 Å². The lowest BCUT2D eigenvalue weighted by atomic mass is 10.2. The zero-order valence-electron chi connectivity index (χ0n) is 19.2. The molecule has 1 amide bonds. The first-order valence-corrected chi connectivity index (χ1v) is 13.5. The smallest absolute Gasteiger partial charge is 0.264 e. The van der Waals surface area contributed by atoms with Crippen molar-refractivity contribution in [1.82, 2.24) is 5.16 Å². The van der Waals surface area contributed by atoms with E-state index in [9.17, 15) is 21.6 Å². The summed E-state index contributed by atoms with van der Waals surface area (Å²) in [6, 6.07) is 21.2. The number of aryl methyl sites for hydroxylation is 1. The third kappa shape index (κ3) is 5.39. The Morgan fingerprint density at radius 2 is 1.56 bits per heavy atom. The van der Waals surface area contributed by atoms with Crippen molar-refractivity contribution in [2.75, 3.05) is 21.4 Å². The van der Waals surface area contributed by atoms with Gasteiger partial charge in [0.15, 0.2) is 5.82 Å². The molecule has 0 atom stereocenters. The molecule has 0 spiro atoms. The molecule has 0 aliphatic carbocycles. The molecule has 36 heavy (non-hydrogen) atoms. The molecule has 0 aliphatic rings. The monoisotopic (exact) mass is 526 g/mol. The lowest BCUT2D eigenvalue weighted by Crippen LogP contribution is -2.26. The van der Waals surface area contributed by atoms with Crippen LogP contribution in [-0.2, 0) is 20.0 Å². The predicted octanol–water partition coefficient (Wildman–Crippen LogP) is 3.86. The number of carbonyl (C=O) groups excluding carboxylic acids is 1. The van der Waals surface area contributed by atoms with Gasteiger partial charge in [-0.05, 0) is 61.5 Å². The molecule has 0 fully saturated rings. The summed E-state index contributed by atoms with van der Waals surface area (Å²) in [5.41, 5.74) is 0.929. The van der Waals surface area contributed by atoms with Crippen LogP contribution in [0.2, 0.25) is 0 Å². The summed E-state index contributed by atoms with van der Waals surface area (Å²) in [6.07, 6.45) is 0. The zero-order valence-corrected chi connectivity index (χ0v) is 20.9. The van der Waals surface area contributed by atoms with Crippen molar-refractivity contribution in [2.24, 2.45) is 0 Å². The number of sulfonamides is 2. The molecule has 4 rings (SSSR count). The minimum absolute atomic E-state index is 0.0433. The van der Waals surface area contributed by atoms with E-state index in [1.54, 1.807) is 37.3 Å². The van der Waals surface area contributed by atoms with Crippen LogP contribution >= 0.6 is 0 Å². The number of nitrogens with one attached hydrogen (secondary N) is 2. The van der Waals surface area contributed by atoms with Crippen LogP contribution in [0.25, 0.3) is 0 Å². The number of hydrogen-bond donors (Lipinski definition) is 2. The summed E-state index contributed by atoms with van der Waals surface area (Å²) < 4.78 is 59.4. The Morgan fingerprint density at radius 3 is 2.19 bits per heavy atom. The van der Waals surface area contributed by atoms with Crippen LogP contribution in [0.5, 0.6) is 0 Å². The lowest BCUT2D eigenvalue weighted by molar-refractivity contribution is 0.102. The van der Waals surface area contributed by atoms with E-state index in [-0.39, 0.29) is 21.2 Å². The molecule has 2 N–H and O–H groups in total. The topological polar surface area (TPSA) is 139 Å². The molecule has 0 bridgehead atoms. The maximum absolute atomic E-state index is 13.1. The fraction of sp³-hybridized carbons (Fsp3) is 0.0833. The second-order valence-electron chi connectivity index (χ2n) is 7.74. The molecule has 186 valence electrons. The van der Waals surface area contributed by atoms with Gasteiger partial charge in [-0.2, -0.15) is 0 Å². The first-order chi connectivity index (χ1) is 17.1. The van der Waals surface area contributed by atoms with Crippen molar-refractivity contribution < 1.29 is 26.2 Å². The average molecular weight is 527 g/mol. The number of rotatable bonds is 8. The van der Waals surface area contributed by atoms with Crippen molar-refractivity contribution in [3.63, 3.8) is 0 Å². The molecule has 0 aliphatic heterocycles. The number of amides is 1. The van der Waals surface area contributed by atoms with Gasteiger partial charge in [0.1, 0.15) is 5.76 Å². The molecule has 3 aromatic carbocycles. The summed E-state index contributed by atoms with van der Waals surface area (Å²) in [5.74, 6) is -0.0480. The summed E-state index contributed by atoms with van der Waals surface area (Å²) in [7, 11) is -6.37. The van der Waals surface area contributed by atoms with Gasteiger partial charge in [-0.15, -0.1) is 0 Å². The Balaban J connectivity index is 1.49. The number of para-hydroxylation sites is 1. The highest BCUT2D eigenvalue weighted by molar-refractivity contribution is 7.93. The summed E-state index contributed by atoms with van der Waals surface area (Å²) >= 11 is 0. The molecule has 0 radical (unpaired) electrons. The molecular weight excluding hydrogens is 504 g/mol. The van der Waals surface area contributed by atoms with Crippen LogP contribution in [0, 0.1) is 6.92 Å². The van der Waals surface area contributed by atoms with Crippen LogP contribution in [0.15, 0.2) is 99.2 Å². The fourth-order valence-electron chi connectivity index (χ4n) is 3.26. The molecule has 1 aromatic heterocycles. The molecule has 12 heteroatoms. The van der Waals surface area contributed by atoms with Crippen LogP contribution in [0.4, 0.5) is 17.2 Å². The third-order valence-electron chi connectivity index (χ3n) is 5.16. The van der Waals surface area contributed by atoms with Gasteiger partial charge in [0.05, 0.1) is 15.5 Å². The van der Waals surface area contributed by atoms with E-state index >= 15 is 0 Å². The predicted molar refractivity (Wildman–Crippen MR) is 135 cm³/mol. The van der Waals surface area contributed by atoms with E-state index in [0.717, 1.165) is 4.31 Å². The minimum atomic E-state index is -3.91. The molecule has 0 saturated heterocycles. The SMILES string of the molecule is Cc1cc(NS(=O)(=O)c2ccc(NC(=O)c3cccc(S(=O)(=O)N(C)c4ccccc4)c3)cc2)no1. The normalized spacial score (nSPS) is 11.6. The van der Waals surface area contributed by atoms with Gasteiger partial charge in [-0.1, -0.05) is 29.4 Å². The van der Waals surface area contributed by atoms with Gasteiger partial charge in [0, 0.05) is 24.4 Å². The van der Waals surface area contributed by atoms with Gasteiger partial charge >= 0.3 is 0 Å². The Morgan fingerprint density at radius 1 is 0.861 bits per heavy atom. The Bertz CT molecular complexity index is 1600. The summed E-state index contributed by atoms with van der Waals surface area (Å²) in [5, 5.41) is 6.24. The summed E-state index contributed by atoms with van der Waals surface area (Å²) in [4.78, 5) is 12.7. The molecule has 4 aromatic rings. The van der Waals surface area contributed by atoms with Crippen molar-refractivity contribution in [2.45, 2.75) is 16.7 Å². The van der Waals surface area contributed by atoms with Crippen molar-refractivity contribution in [1.29, 1.82) is 0 Å². The van der Waals surface area contributed by atoms with Crippen LogP contribution in [0.3, 0.4) is 0 Å². The highest BCUT2D eigenvalue weighted by atomic mass is 32.2. The van der Waals surface area contributed by atoms with Crippen molar-refractivity contribution in [3.8, 4) is 0 Å². The molecule has 1 heterocycles. The maximum atomic E-state index is 13.1. The number of nitrogens with zero attached hydrogens (tertiary/aromatic N) is 2. The second-order valence-corrected chi connectivity index (χ2v) is 11.4. The van der Waals surface area contributed by atoms with E-state index in [2.05, 4.69) is 15.2 Å². The van der Waals surface area contributed by atoms with Gasteiger partial charge in [0.2, 0.25) is 0 Å².